The number of methoxy groups -OCH3 is 2. The third-order valence-corrected chi connectivity index (χ3v) is 4.08. The van der Waals surface area contributed by atoms with Gasteiger partial charge < -0.3 is 24.8 Å². The molecule has 1 rings (SSSR count). The van der Waals surface area contributed by atoms with Crippen molar-refractivity contribution in [2.75, 3.05) is 47.1 Å². The van der Waals surface area contributed by atoms with Crippen molar-refractivity contribution in [2.24, 2.45) is 4.99 Å². The van der Waals surface area contributed by atoms with Crippen molar-refractivity contribution in [3.05, 3.63) is 23.8 Å². The second-order valence-electron chi connectivity index (χ2n) is 6.26. The Bertz CT molecular complexity index is 542. The van der Waals surface area contributed by atoms with E-state index >= 15 is 0 Å². The van der Waals surface area contributed by atoms with Crippen LogP contribution in [0.5, 0.6) is 11.5 Å². The second kappa shape index (κ2) is 17.8. The first-order valence-corrected chi connectivity index (χ1v) is 10.1. The number of unbranched alkanes of at least 4 members (excludes halogenated alkanes) is 2. The molecule has 0 bridgehead atoms. The van der Waals surface area contributed by atoms with E-state index in [9.17, 15) is 0 Å². The third-order valence-electron chi connectivity index (χ3n) is 4.08. The molecule has 2 N–H and O–H groups in total. The smallest absolute Gasteiger partial charge is 0.191 e. The van der Waals surface area contributed by atoms with Crippen LogP contribution in [0.2, 0.25) is 0 Å². The Balaban J connectivity index is 0.00000729. The monoisotopic (exact) mass is 507 g/mol. The van der Waals surface area contributed by atoms with Crippen molar-refractivity contribution < 1.29 is 14.2 Å². The van der Waals surface area contributed by atoms with Crippen LogP contribution in [0.3, 0.4) is 0 Å². The lowest BCUT2D eigenvalue weighted by Crippen LogP contribution is -2.37. The van der Waals surface area contributed by atoms with E-state index in [4.69, 9.17) is 14.2 Å². The second-order valence-corrected chi connectivity index (χ2v) is 6.26. The van der Waals surface area contributed by atoms with Gasteiger partial charge in [0.05, 0.1) is 13.7 Å². The van der Waals surface area contributed by atoms with Gasteiger partial charge in [0.25, 0.3) is 0 Å². The molecule has 6 nitrogen and oxygen atoms in total. The van der Waals surface area contributed by atoms with Crippen molar-refractivity contribution in [2.45, 2.75) is 46.0 Å². The van der Waals surface area contributed by atoms with Crippen LogP contribution in [0.4, 0.5) is 0 Å². The van der Waals surface area contributed by atoms with Gasteiger partial charge in [-0.15, -0.1) is 24.0 Å². The molecule has 0 heterocycles. The molecule has 0 aliphatic rings. The van der Waals surface area contributed by atoms with Crippen molar-refractivity contribution in [3.63, 3.8) is 0 Å². The average Bonchev–Trinajstić information content (AvgIpc) is 2.68. The van der Waals surface area contributed by atoms with Crippen LogP contribution in [-0.4, -0.2) is 53.0 Å². The Morgan fingerprint density at radius 2 is 1.82 bits per heavy atom. The minimum Gasteiger partial charge on any atom is -0.493 e. The summed E-state index contributed by atoms with van der Waals surface area (Å²) in [4.78, 5) is 4.67. The summed E-state index contributed by atoms with van der Waals surface area (Å²) < 4.78 is 16.1. The highest BCUT2D eigenvalue weighted by Gasteiger charge is 2.05. The standard InChI is InChI=1S/C21H37N3O3.HI/c1-5-22-21(23-14-8-7-9-16-25-3)24-15-10-11-18-12-13-19(26-4)20(17-18)27-6-2;/h12-13,17H,5-11,14-16H2,1-4H3,(H2,22,23,24);1H. The van der Waals surface area contributed by atoms with Crippen LogP contribution < -0.4 is 20.1 Å². The van der Waals surface area contributed by atoms with E-state index in [0.717, 1.165) is 69.4 Å². The summed E-state index contributed by atoms with van der Waals surface area (Å²) in [5.74, 6) is 2.49. The molecule has 1 aromatic carbocycles. The molecular formula is C21H38IN3O3. The number of guanidine groups is 1. The number of rotatable bonds is 14. The third kappa shape index (κ3) is 11.6. The van der Waals surface area contributed by atoms with E-state index in [1.54, 1.807) is 14.2 Å². The summed E-state index contributed by atoms with van der Waals surface area (Å²) >= 11 is 0. The number of nitrogens with one attached hydrogen (secondary N) is 2. The first-order chi connectivity index (χ1) is 13.2. The molecule has 7 heteroatoms. The molecule has 0 aromatic heterocycles. The number of hydrogen-bond donors (Lipinski definition) is 2. The van der Waals surface area contributed by atoms with Crippen molar-refractivity contribution in [1.82, 2.24) is 10.6 Å². The SMILES string of the molecule is CCNC(=NCCCc1ccc(OC)c(OCC)c1)NCCCCCOC.I. The van der Waals surface area contributed by atoms with E-state index in [-0.39, 0.29) is 24.0 Å². The Morgan fingerprint density at radius 3 is 2.50 bits per heavy atom. The molecule has 0 saturated heterocycles. The fraction of sp³-hybridized carbons (Fsp3) is 0.667. The topological polar surface area (TPSA) is 64.1 Å². The highest BCUT2D eigenvalue weighted by Crippen LogP contribution is 2.28. The minimum absolute atomic E-state index is 0. The van der Waals surface area contributed by atoms with Gasteiger partial charge in [0.2, 0.25) is 0 Å². The highest BCUT2D eigenvalue weighted by molar-refractivity contribution is 14.0. The summed E-state index contributed by atoms with van der Waals surface area (Å²) in [7, 11) is 3.41. The van der Waals surface area contributed by atoms with Gasteiger partial charge in [-0.25, -0.2) is 0 Å². The molecule has 0 amide bonds. The van der Waals surface area contributed by atoms with Crippen molar-refractivity contribution >= 4 is 29.9 Å². The molecule has 0 fully saturated rings. The van der Waals surface area contributed by atoms with Crippen LogP contribution in [0, 0.1) is 0 Å². The van der Waals surface area contributed by atoms with Crippen LogP contribution >= 0.6 is 24.0 Å². The highest BCUT2D eigenvalue weighted by atomic mass is 127. The first-order valence-electron chi connectivity index (χ1n) is 10.1. The van der Waals surface area contributed by atoms with Crippen LogP contribution in [0.15, 0.2) is 23.2 Å². The predicted molar refractivity (Wildman–Crippen MR) is 128 cm³/mol. The lowest BCUT2D eigenvalue weighted by Gasteiger charge is -2.12. The van der Waals surface area contributed by atoms with Gasteiger partial charge in [0.1, 0.15) is 0 Å². The predicted octanol–water partition coefficient (Wildman–Crippen LogP) is 4.02. The maximum absolute atomic E-state index is 5.64. The normalized spacial score (nSPS) is 10.9. The Morgan fingerprint density at radius 1 is 1.00 bits per heavy atom. The summed E-state index contributed by atoms with van der Waals surface area (Å²) in [6, 6.07) is 6.13. The van der Waals surface area contributed by atoms with Gasteiger partial charge in [-0.1, -0.05) is 6.07 Å². The number of ether oxygens (including phenoxy) is 3. The lowest BCUT2D eigenvalue weighted by molar-refractivity contribution is 0.192. The quantitative estimate of drug-likeness (QED) is 0.173. The fourth-order valence-electron chi connectivity index (χ4n) is 2.72. The maximum atomic E-state index is 5.64. The molecule has 0 unspecified atom stereocenters. The molecule has 0 saturated carbocycles. The number of halogens is 1. The van der Waals surface area contributed by atoms with Crippen LogP contribution in [-0.2, 0) is 11.2 Å². The zero-order valence-electron chi connectivity index (χ0n) is 17.9. The van der Waals surface area contributed by atoms with Gasteiger partial charge in [-0.05, 0) is 63.6 Å². The number of benzene rings is 1. The molecule has 0 aliphatic heterocycles. The maximum Gasteiger partial charge on any atom is 0.191 e. The average molecular weight is 507 g/mol. The van der Waals surface area contributed by atoms with E-state index in [0.29, 0.717) is 6.61 Å². The Hall–Kier alpha value is -1.22. The largest absolute Gasteiger partial charge is 0.493 e. The van der Waals surface area contributed by atoms with Gasteiger partial charge in [0.15, 0.2) is 17.5 Å². The van der Waals surface area contributed by atoms with Crippen molar-refractivity contribution in [3.8, 4) is 11.5 Å². The van der Waals surface area contributed by atoms with Gasteiger partial charge >= 0.3 is 0 Å². The number of aliphatic imine (C=N–C) groups is 1. The van der Waals surface area contributed by atoms with Crippen LogP contribution in [0.1, 0.15) is 45.1 Å². The zero-order chi connectivity index (χ0) is 19.7. The molecule has 162 valence electrons. The Labute approximate surface area is 187 Å². The summed E-state index contributed by atoms with van der Waals surface area (Å²) in [6.07, 6.45) is 5.35. The number of hydrogen-bond acceptors (Lipinski definition) is 4. The molecule has 0 atom stereocenters. The molecule has 1 aromatic rings. The van der Waals surface area contributed by atoms with E-state index in [1.165, 1.54) is 12.0 Å². The molecule has 28 heavy (non-hydrogen) atoms. The lowest BCUT2D eigenvalue weighted by atomic mass is 10.1. The number of nitrogens with zero attached hydrogens (tertiary/aromatic N) is 1. The minimum atomic E-state index is 0. The first kappa shape index (κ1) is 26.8. The van der Waals surface area contributed by atoms with Gasteiger partial charge in [-0.2, -0.15) is 0 Å². The van der Waals surface area contributed by atoms with E-state index in [1.807, 2.05) is 13.0 Å². The van der Waals surface area contributed by atoms with E-state index in [2.05, 4.69) is 34.7 Å². The van der Waals surface area contributed by atoms with Crippen LogP contribution in [0.25, 0.3) is 0 Å². The van der Waals surface area contributed by atoms with Crippen molar-refractivity contribution in [1.29, 1.82) is 0 Å². The number of aryl methyl sites for hydroxylation is 1. The molecular weight excluding hydrogens is 469 g/mol. The molecule has 0 radical (unpaired) electrons. The fourth-order valence-corrected chi connectivity index (χ4v) is 2.72. The molecule has 0 spiro atoms. The Kier molecular flexibility index (Phi) is 17.1. The molecule has 0 aliphatic carbocycles. The van der Waals surface area contributed by atoms with Gasteiger partial charge in [-0.3, -0.25) is 4.99 Å². The zero-order valence-corrected chi connectivity index (χ0v) is 20.2. The van der Waals surface area contributed by atoms with Gasteiger partial charge in [0, 0.05) is 33.4 Å². The summed E-state index contributed by atoms with van der Waals surface area (Å²) in [6.45, 7) is 8.13. The van der Waals surface area contributed by atoms with E-state index < -0.39 is 0 Å². The summed E-state index contributed by atoms with van der Waals surface area (Å²) in [5, 5.41) is 6.70. The summed E-state index contributed by atoms with van der Waals surface area (Å²) in [5.41, 5.74) is 1.24.